The van der Waals surface area contributed by atoms with E-state index in [1.807, 2.05) is 36.4 Å². The number of hydrogen-bond donors (Lipinski definition) is 2. The molecule has 2 heterocycles. The molecule has 33 heavy (non-hydrogen) atoms. The number of carbonyl (C=O) groups is 1. The van der Waals surface area contributed by atoms with E-state index in [0.717, 1.165) is 31.9 Å². The van der Waals surface area contributed by atoms with Crippen LogP contribution in [0.1, 0.15) is 10.4 Å². The van der Waals surface area contributed by atoms with Gasteiger partial charge in [0.1, 0.15) is 0 Å². The number of amides is 1. The van der Waals surface area contributed by atoms with E-state index in [-0.39, 0.29) is 5.91 Å². The maximum atomic E-state index is 12.7. The van der Waals surface area contributed by atoms with Crippen molar-refractivity contribution in [3.63, 3.8) is 0 Å². The van der Waals surface area contributed by atoms with Crippen LogP contribution < -0.4 is 15.5 Å². The summed E-state index contributed by atoms with van der Waals surface area (Å²) >= 11 is 0. The molecule has 2 N–H and O–H groups in total. The molecule has 166 valence electrons. The Labute approximate surface area is 193 Å². The molecule has 1 aliphatic heterocycles. The smallest absolute Gasteiger partial charge is 0.255 e. The number of nitrogens with one attached hydrogen (secondary N) is 2. The number of likely N-dealkylation sites (N-methyl/N-ethyl adjacent to an activating group) is 1. The first kappa shape index (κ1) is 21.0. The summed E-state index contributed by atoms with van der Waals surface area (Å²) < 4.78 is 0. The Balaban J connectivity index is 1.42. The van der Waals surface area contributed by atoms with Gasteiger partial charge in [-0.05, 0) is 54.9 Å². The molecule has 5 rings (SSSR count). The molecule has 6 nitrogen and oxygen atoms in total. The molecule has 0 radical (unpaired) electrons. The number of rotatable bonds is 5. The van der Waals surface area contributed by atoms with Gasteiger partial charge in [-0.1, -0.05) is 36.4 Å². The standard InChI is InChI=1S/C27H27N5O/c1-31-15-17-32(18-16-31)25-11-5-9-20-12-13-22(19-23(20)25)29-26-24(10-6-14-28-26)30-27(33)21-7-3-2-4-8-21/h2-14,19H,15-18H2,1H3,(H,28,29)(H,30,33). The summed E-state index contributed by atoms with van der Waals surface area (Å²) in [7, 11) is 2.17. The second-order valence-corrected chi connectivity index (χ2v) is 8.35. The summed E-state index contributed by atoms with van der Waals surface area (Å²) in [5, 5.41) is 8.79. The molecule has 6 heteroatoms. The molecular formula is C27H27N5O. The first-order valence-corrected chi connectivity index (χ1v) is 11.2. The number of anilines is 4. The second kappa shape index (κ2) is 9.30. The van der Waals surface area contributed by atoms with Gasteiger partial charge in [0, 0.05) is 54.7 Å². The zero-order valence-electron chi connectivity index (χ0n) is 18.7. The van der Waals surface area contributed by atoms with Crippen LogP contribution in [0, 0.1) is 0 Å². The van der Waals surface area contributed by atoms with Gasteiger partial charge in [-0.15, -0.1) is 0 Å². The predicted molar refractivity (Wildman–Crippen MR) is 136 cm³/mol. The van der Waals surface area contributed by atoms with Gasteiger partial charge in [-0.3, -0.25) is 4.79 Å². The number of piperazine rings is 1. The fourth-order valence-electron chi connectivity index (χ4n) is 4.18. The maximum absolute atomic E-state index is 12.7. The van der Waals surface area contributed by atoms with Crippen molar-refractivity contribution >= 4 is 39.6 Å². The van der Waals surface area contributed by atoms with Crippen molar-refractivity contribution in [1.29, 1.82) is 0 Å². The largest absolute Gasteiger partial charge is 0.368 e. The third-order valence-corrected chi connectivity index (χ3v) is 6.06. The average molecular weight is 438 g/mol. The van der Waals surface area contributed by atoms with Crippen molar-refractivity contribution in [2.75, 3.05) is 48.8 Å². The van der Waals surface area contributed by atoms with Crippen molar-refractivity contribution in [2.24, 2.45) is 0 Å². The Hall–Kier alpha value is -3.90. The van der Waals surface area contributed by atoms with Crippen molar-refractivity contribution in [3.05, 3.63) is 90.6 Å². The van der Waals surface area contributed by atoms with Crippen LogP contribution in [0.25, 0.3) is 10.8 Å². The molecule has 0 aliphatic carbocycles. The maximum Gasteiger partial charge on any atom is 0.255 e. The van der Waals surface area contributed by atoms with E-state index in [0.29, 0.717) is 17.1 Å². The zero-order valence-corrected chi connectivity index (χ0v) is 18.7. The van der Waals surface area contributed by atoms with Crippen LogP contribution in [0.15, 0.2) is 85.1 Å². The molecule has 0 spiro atoms. The summed E-state index contributed by atoms with van der Waals surface area (Å²) in [6, 6.07) is 25.7. The van der Waals surface area contributed by atoms with Crippen LogP contribution in [-0.2, 0) is 0 Å². The van der Waals surface area contributed by atoms with Gasteiger partial charge < -0.3 is 20.4 Å². The van der Waals surface area contributed by atoms with Crippen molar-refractivity contribution in [3.8, 4) is 0 Å². The fourth-order valence-corrected chi connectivity index (χ4v) is 4.18. The molecule has 0 bridgehead atoms. The minimum Gasteiger partial charge on any atom is -0.368 e. The minimum atomic E-state index is -0.164. The fraction of sp³-hybridized carbons (Fsp3) is 0.185. The predicted octanol–water partition coefficient (Wildman–Crippen LogP) is 4.98. The van der Waals surface area contributed by atoms with Crippen molar-refractivity contribution in [2.45, 2.75) is 0 Å². The summed E-state index contributed by atoms with van der Waals surface area (Å²) in [6.45, 7) is 4.16. The topological polar surface area (TPSA) is 60.5 Å². The monoisotopic (exact) mass is 437 g/mol. The number of benzene rings is 3. The Morgan fingerprint density at radius 2 is 1.70 bits per heavy atom. The number of nitrogens with zero attached hydrogens (tertiary/aromatic N) is 3. The Morgan fingerprint density at radius 1 is 0.879 bits per heavy atom. The highest BCUT2D eigenvalue weighted by Crippen LogP contribution is 2.32. The lowest BCUT2D eigenvalue weighted by Crippen LogP contribution is -2.44. The summed E-state index contributed by atoms with van der Waals surface area (Å²) in [5.41, 5.74) is 3.43. The second-order valence-electron chi connectivity index (χ2n) is 8.35. The number of aromatic nitrogens is 1. The molecule has 1 saturated heterocycles. The Morgan fingerprint density at radius 3 is 2.52 bits per heavy atom. The molecule has 3 aromatic carbocycles. The molecule has 0 atom stereocenters. The summed E-state index contributed by atoms with van der Waals surface area (Å²) in [4.78, 5) is 22.0. The summed E-state index contributed by atoms with van der Waals surface area (Å²) in [6.07, 6.45) is 1.72. The van der Waals surface area contributed by atoms with E-state index in [1.54, 1.807) is 18.3 Å². The number of carbonyl (C=O) groups excluding carboxylic acids is 1. The van der Waals surface area contributed by atoms with Gasteiger partial charge in [0.25, 0.3) is 5.91 Å². The normalized spacial score (nSPS) is 14.3. The van der Waals surface area contributed by atoms with Gasteiger partial charge in [0.15, 0.2) is 5.82 Å². The SMILES string of the molecule is CN1CCN(c2cccc3ccc(Nc4ncccc4NC(=O)c4ccccc4)cc23)CC1. The lowest BCUT2D eigenvalue weighted by molar-refractivity contribution is 0.102. The highest BCUT2D eigenvalue weighted by molar-refractivity contribution is 6.06. The molecule has 0 unspecified atom stereocenters. The van der Waals surface area contributed by atoms with Gasteiger partial charge in [-0.25, -0.2) is 4.98 Å². The van der Waals surface area contributed by atoms with Gasteiger partial charge in [0.05, 0.1) is 5.69 Å². The lowest BCUT2D eigenvalue weighted by Gasteiger charge is -2.34. The zero-order chi connectivity index (χ0) is 22.6. The van der Waals surface area contributed by atoms with Crippen LogP contribution in [0.5, 0.6) is 0 Å². The molecule has 1 aromatic heterocycles. The molecule has 1 fully saturated rings. The van der Waals surface area contributed by atoms with E-state index >= 15 is 0 Å². The van der Waals surface area contributed by atoms with E-state index in [1.165, 1.54) is 16.5 Å². The molecular weight excluding hydrogens is 410 g/mol. The Kier molecular flexibility index (Phi) is 5.91. The Bertz CT molecular complexity index is 1270. The molecule has 4 aromatic rings. The number of fused-ring (bicyclic) bond motifs is 1. The van der Waals surface area contributed by atoms with Crippen LogP contribution in [-0.4, -0.2) is 49.0 Å². The number of hydrogen-bond acceptors (Lipinski definition) is 5. The third-order valence-electron chi connectivity index (χ3n) is 6.06. The third kappa shape index (κ3) is 4.66. The quantitative estimate of drug-likeness (QED) is 0.461. The first-order chi connectivity index (χ1) is 16.2. The number of pyridine rings is 1. The van der Waals surface area contributed by atoms with Crippen LogP contribution in [0.2, 0.25) is 0 Å². The van der Waals surface area contributed by atoms with E-state index in [9.17, 15) is 4.79 Å². The van der Waals surface area contributed by atoms with Gasteiger partial charge in [-0.2, -0.15) is 0 Å². The van der Waals surface area contributed by atoms with Crippen molar-refractivity contribution in [1.82, 2.24) is 9.88 Å². The summed E-state index contributed by atoms with van der Waals surface area (Å²) in [5.74, 6) is 0.445. The van der Waals surface area contributed by atoms with Crippen LogP contribution in [0.3, 0.4) is 0 Å². The first-order valence-electron chi connectivity index (χ1n) is 11.2. The van der Waals surface area contributed by atoms with Crippen LogP contribution in [0.4, 0.5) is 22.9 Å². The van der Waals surface area contributed by atoms with E-state index in [2.05, 4.69) is 62.8 Å². The minimum absolute atomic E-state index is 0.164. The highest BCUT2D eigenvalue weighted by atomic mass is 16.1. The molecule has 0 saturated carbocycles. The van der Waals surface area contributed by atoms with Crippen molar-refractivity contribution < 1.29 is 4.79 Å². The molecule has 1 amide bonds. The van der Waals surface area contributed by atoms with Gasteiger partial charge in [0.2, 0.25) is 0 Å². The van der Waals surface area contributed by atoms with Crippen LogP contribution >= 0.6 is 0 Å². The highest BCUT2D eigenvalue weighted by Gasteiger charge is 2.17. The van der Waals surface area contributed by atoms with Gasteiger partial charge >= 0.3 is 0 Å². The lowest BCUT2D eigenvalue weighted by atomic mass is 10.1. The molecule has 1 aliphatic rings. The average Bonchev–Trinajstić information content (AvgIpc) is 2.86. The van der Waals surface area contributed by atoms with E-state index < -0.39 is 0 Å². The van der Waals surface area contributed by atoms with E-state index in [4.69, 9.17) is 0 Å².